The fourth-order valence-corrected chi connectivity index (χ4v) is 4.25. The van der Waals surface area contributed by atoms with E-state index in [0.717, 1.165) is 10.9 Å². The van der Waals surface area contributed by atoms with Crippen LogP contribution in [0.15, 0.2) is 70.7 Å². The van der Waals surface area contributed by atoms with Crippen molar-refractivity contribution in [3.8, 4) is 0 Å². The van der Waals surface area contributed by atoms with Gasteiger partial charge in [0.25, 0.3) is 0 Å². The molecule has 4 aromatic rings. The highest BCUT2D eigenvalue weighted by molar-refractivity contribution is 8.00. The second kappa shape index (κ2) is 7.47. The molecular formula is C19H17N5O3S2. The molecule has 0 radical (unpaired) electrons. The van der Waals surface area contributed by atoms with Crippen LogP contribution in [0.5, 0.6) is 0 Å². The quantitative estimate of drug-likeness (QED) is 0.473. The van der Waals surface area contributed by atoms with E-state index in [-0.39, 0.29) is 10.8 Å². The number of para-hydroxylation sites is 1. The van der Waals surface area contributed by atoms with E-state index >= 15 is 0 Å². The summed E-state index contributed by atoms with van der Waals surface area (Å²) in [6.45, 7) is 1.77. The van der Waals surface area contributed by atoms with Crippen molar-refractivity contribution in [3.05, 3.63) is 60.7 Å². The normalized spacial score (nSPS) is 12.9. The number of sulfonamides is 1. The van der Waals surface area contributed by atoms with Crippen LogP contribution in [0.4, 0.5) is 5.69 Å². The number of thioether (sulfide) groups is 1. The number of carbonyl (C=O) groups is 1. The van der Waals surface area contributed by atoms with Crippen LogP contribution in [-0.2, 0) is 14.8 Å². The third-order valence-corrected chi connectivity index (χ3v) is 6.32. The second-order valence-electron chi connectivity index (χ2n) is 6.39. The van der Waals surface area contributed by atoms with Gasteiger partial charge in [-0.1, -0.05) is 30.0 Å². The summed E-state index contributed by atoms with van der Waals surface area (Å²) in [6.07, 6.45) is 0. The zero-order chi connectivity index (χ0) is 20.6. The molecule has 148 valence electrons. The van der Waals surface area contributed by atoms with Crippen LogP contribution in [0.25, 0.3) is 16.6 Å². The van der Waals surface area contributed by atoms with Crippen molar-refractivity contribution in [2.45, 2.75) is 22.2 Å². The molecule has 2 heterocycles. The predicted molar refractivity (Wildman–Crippen MR) is 112 cm³/mol. The third kappa shape index (κ3) is 3.95. The summed E-state index contributed by atoms with van der Waals surface area (Å²) >= 11 is 1.29. The van der Waals surface area contributed by atoms with Gasteiger partial charge < -0.3 is 5.32 Å². The maximum absolute atomic E-state index is 12.6. The van der Waals surface area contributed by atoms with Gasteiger partial charge in [0.05, 0.1) is 15.7 Å². The molecule has 1 unspecified atom stereocenters. The molecule has 8 nitrogen and oxygen atoms in total. The summed E-state index contributed by atoms with van der Waals surface area (Å²) in [5, 5.41) is 17.5. The molecule has 0 saturated heterocycles. The molecule has 0 saturated carbocycles. The number of nitrogens with zero attached hydrogens (tertiary/aromatic N) is 3. The highest BCUT2D eigenvalue weighted by atomic mass is 32.2. The van der Waals surface area contributed by atoms with Crippen molar-refractivity contribution in [2.75, 3.05) is 5.32 Å². The summed E-state index contributed by atoms with van der Waals surface area (Å²) in [6, 6.07) is 17.4. The van der Waals surface area contributed by atoms with E-state index in [1.165, 1.54) is 36.0 Å². The van der Waals surface area contributed by atoms with Gasteiger partial charge in [0.2, 0.25) is 15.9 Å². The molecule has 29 heavy (non-hydrogen) atoms. The molecule has 3 N–H and O–H groups in total. The lowest BCUT2D eigenvalue weighted by molar-refractivity contribution is -0.115. The van der Waals surface area contributed by atoms with Crippen LogP contribution >= 0.6 is 11.8 Å². The summed E-state index contributed by atoms with van der Waals surface area (Å²) in [5.41, 5.74) is 2.15. The monoisotopic (exact) mass is 427 g/mol. The summed E-state index contributed by atoms with van der Waals surface area (Å²) in [5.74, 6) is -0.240. The summed E-state index contributed by atoms with van der Waals surface area (Å²) < 4.78 is 24.6. The predicted octanol–water partition coefficient (Wildman–Crippen LogP) is 2.65. The maximum atomic E-state index is 12.6. The lowest BCUT2D eigenvalue weighted by Crippen LogP contribution is -2.22. The van der Waals surface area contributed by atoms with E-state index in [2.05, 4.69) is 15.5 Å². The van der Waals surface area contributed by atoms with E-state index in [1.807, 2.05) is 40.8 Å². The van der Waals surface area contributed by atoms with E-state index in [9.17, 15) is 13.2 Å². The number of amides is 1. The Morgan fingerprint density at radius 2 is 1.79 bits per heavy atom. The minimum Gasteiger partial charge on any atom is -0.325 e. The van der Waals surface area contributed by atoms with Crippen molar-refractivity contribution >= 4 is 49.9 Å². The van der Waals surface area contributed by atoms with Crippen molar-refractivity contribution in [1.82, 2.24) is 14.6 Å². The fourth-order valence-electron chi connectivity index (χ4n) is 2.87. The van der Waals surface area contributed by atoms with E-state index in [1.54, 1.807) is 6.92 Å². The average molecular weight is 428 g/mol. The molecule has 0 spiro atoms. The van der Waals surface area contributed by atoms with E-state index < -0.39 is 15.3 Å². The summed E-state index contributed by atoms with van der Waals surface area (Å²) in [7, 11) is -3.77. The Bertz CT molecular complexity index is 1320. The molecule has 10 heteroatoms. The Balaban J connectivity index is 1.54. The number of nitrogens with two attached hydrogens (primary N) is 1. The lowest BCUT2D eigenvalue weighted by atomic mass is 10.2. The van der Waals surface area contributed by atoms with Gasteiger partial charge in [-0.2, -0.15) is 0 Å². The van der Waals surface area contributed by atoms with Crippen LogP contribution in [0, 0.1) is 0 Å². The fraction of sp³-hybridized carbons (Fsp3) is 0.105. The van der Waals surface area contributed by atoms with Crippen molar-refractivity contribution in [3.63, 3.8) is 0 Å². The number of fused-ring (bicyclic) bond motifs is 3. The van der Waals surface area contributed by atoms with E-state index in [4.69, 9.17) is 5.14 Å². The average Bonchev–Trinajstić information content (AvgIpc) is 3.11. The minimum atomic E-state index is -3.77. The molecule has 1 amide bonds. The number of pyridine rings is 1. The molecule has 0 aliphatic heterocycles. The van der Waals surface area contributed by atoms with E-state index in [0.29, 0.717) is 16.5 Å². The van der Waals surface area contributed by atoms with Gasteiger partial charge in [0, 0.05) is 5.69 Å². The molecule has 2 aromatic carbocycles. The van der Waals surface area contributed by atoms with Gasteiger partial charge in [0.15, 0.2) is 10.8 Å². The Morgan fingerprint density at radius 1 is 1.07 bits per heavy atom. The largest absolute Gasteiger partial charge is 0.325 e. The van der Waals surface area contributed by atoms with Crippen LogP contribution in [0.1, 0.15) is 6.92 Å². The second-order valence-corrected chi connectivity index (χ2v) is 9.26. The Hall–Kier alpha value is -2.95. The molecule has 0 aliphatic carbocycles. The number of aromatic nitrogens is 3. The van der Waals surface area contributed by atoms with Gasteiger partial charge in [0.1, 0.15) is 0 Å². The standard InChI is InChI=1S/C19H17N5O3S2/c1-12(18(25)21-14-7-9-15(10-8-14)29(20,26)27)28-19-23-22-17-11-6-13-4-2-3-5-16(13)24(17)19/h2-12H,1H3,(H,21,25)(H2,20,26,27). The highest BCUT2D eigenvalue weighted by Crippen LogP contribution is 2.26. The lowest BCUT2D eigenvalue weighted by Gasteiger charge is -2.12. The number of rotatable bonds is 5. The molecule has 2 aromatic heterocycles. The first-order valence-corrected chi connectivity index (χ1v) is 11.1. The first-order valence-electron chi connectivity index (χ1n) is 8.66. The molecule has 1 atom stereocenters. The number of benzene rings is 2. The first-order chi connectivity index (χ1) is 13.8. The number of nitrogens with one attached hydrogen (secondary N) is 1. The molecule has 4 rings (SSSR count). The SMILES string of the molecule is CC(Sc1nnc2ccc3ccccc3n12)C(=O)Nc1ccc(S(N)(=O)=O)cc1. The van der Waals surface area contributed by atoms with Gasteiger partial charge in [-0.3, -0.25) is 9.20 Å². The molecule has 0 fully saturated rings. The van der Waals surface area contributed by atoms with Crippen LogP contribution in [0.2, 0.25) is 0 Å². The smallest absolute Gasteiger partial charge is 0.238 e. The van der Waals surface area contributed by atoms with Crippen LogP contribution in [0.3, 0.4) is 0 Å². The van der Waals surface area contributed by atoms with Crippen molar-refractivity contribution in [2.24, 2.45) is 5.14 Å². The number of hydrogen-bond acceptors (Lipinski definition) is 6. The van der Waals surface area contributed by atoms with Crippen LogP contribution < -0.4 is 10.5 Å². The number of carbonyl (C=O) groups excluding carboxylic acids is 1. The zero-order valence-corrected chi connectivity index (χ0v) is 16.9. The molecular weight excluding hydrogens is 410 g/mol. The van der Waals surface area contributed by atoms with Crippen molar-refractivity contribution in [1.29, 1.82) is 0 Å². The number of anilines is 1. The minimum absolute atomic E-state index is 0.0141. The first kappa shape index (κ1) is 19.4. The maximum Gasteiger partial charge on any atom is 0.238 e. The van der Waals surface area contributed by atoms with Gasteiger partial charge >= 0.3 is 0 Å². The van der Waals surface area contributed by atoms with Crippen molar-refractivity contribution < 1.29 is 13.2 Å². The Morgan fingerprint density at radius 3 is 2.52 bits per heavy atom. The molecule has 0 aliphatic rings. The topological polar surface area (TPSA) is 119 Å². The number of primary sulfonamides is 1. The van der Waals surface area contributed by atoms with Gasteiger partial charge in [-0.15, -0.1) is 10.2 Å². The van der Waals surface area contributed by atoms with Gasteiger partial charge in [-0.25, -0.2) is 13.6 Å². The third-order valence-electron chi connectivity index (χ3n) is 4.35. The molecule has 0 bridgehead atoms. The Kier molecular flexibility index (Phi) is 4.99. The number of hydrogen-bond donors (Lipinski definition) is 2. The highest BCUT2D eigenvalue weighted by Gasteiger charge is 2.19. The van der Waals surface area contributed by atoms with Crippen LogP contribution in [-0.4, -0.2) is 34.2 Å². The summed E-state index contributed by atoms with van der Waals surface area (Å²) in [4.78, 5) is 12.6. The van der Waals surface area contributed by atoms with Gasteiger partial charge in [-0.05, 0) is 54.8 Å². The Labute approximate surface area is 171 Å². The zero-order valence-electron chi connectivity index (χ0n) is 15.3.